The van der Waals surface area contributed by atoms with Gasteiger partial charge < -0.3 is 4.90 Å². The van der Waals surface area contributed by atoms with Crippen molar-refractivity contribution < 1.29 is 8.42 Å². The van der Waals surface area contributed by atoms with Crippen LogP contribution in [0.5, 0.6) is 0 Å². The van der Waals surface area contributed by atoms with Gasteiger partial charge >= 0.3 is 0 Å². The molecule has 1 aromatic rings. The van der Waals surface area contributed by atoms with E-state index in [9.17, 15) is 8.42 Å². The summed E-state index contributed by atoms with van der Waals surface area (Å²) in [7, 11) is -3.08. The van der Waals surface area contributed by atoms with E-state index in [2.05, 4.69) is 4.90 Å². The number of anilines is 1. The molecule has 1 heterocycles. The Kier molecular flexibility index (Phi) is 4.86. The van der Waals surface area contributed by atoms with Gasteiger partial charge in [-0.15, -0.1) is 0 Å². The number of nitrogens with zero attached hydrogens (tertiary/aromatic N) is 1. The lowest BCUT2D eigenvalue weighted by molar-refractivity contribution is 0.556. The van der Waals surface area contributed by atoms with Crippen molar-refractivity contribution in [2.24, 2.45) is 0 Å². The van der Waals surface area contributed by atoms with Crippen LogP contribution in [0.2, 0.25) is 0 Å². The Balaban J connectivity index is 2.12. The van der Waals surface area contributed by atoms with Gasteiger partial charge in [-0.25, -0.2) is 8.42 Å². The van der Waals surface area contributed by atoms with Gasteiger partial charge in [-0.05, 0) is 37.1 Å². The van der Waals surface area contributed by atoms with Gasteiger partial charge in [-0.3, -0.25) is 0 Å². The highest BCUT2D eigenvalue weighted by Crippen LogP contribution is 2.21. The molecule has 0 unspecified atom stereocenters. The van der Waals surface area contributed by atoms with E-state index in [-0.39, 0.29) is 5.75 Å². The van der Waals surface area contributed by atoms with Crippen molar-refractivity contribution in [2.45, 2.75) is 43.9 Å². The molecule has 0 radical (unpaired) electrons. The Morgan fingerprint density at radius 3 is 2.00 bits per heavy atom. The highest BCUT2D eigenvalue weighted by atomic mass is 32.2. The smallest absolute Gasteiger partial charge is 0.178 e. The highest BCUT2D eigenvalue weighted by molar-refractivity contribution is 7.91. The first-order chi connectivity index (χ1) is 9.13. The van der Waals surface area contributed by atoms with Crippen molar-refractivity contribution in [3.05, 3.63) is 24.3 Å². The molecule has 1 saturated heterocycles. The minimum absolute atomic E-state index is 0.163. The fourth-order valence-corrected chi connectivity index (χ4v) is 3.42. The van der Waals surface area contributed by atoms with Gasteiger partial charge in [-0.2, -0.15) is 0 Å². The number of hydrogen-bond acceptors (Lipinski definition) is 3. The van der Waals surface area contributed by atoms with Crippen LogP contribution in [0.1, 0.15) is 39.0 Å². The average Bonchev–Trinajstić information content (AvgIpc) is 2.39. The summed E-state index contributed by atoms with van der Waals surface area (Å²) in [6.45, 7) is 3.85. The lowest BCUT2D eigenvalue weighted by Crippen LogP contribution is -2.26. The van der Waals surface area contributed by atoms with Gasteiger partial charge in [0.1, 0.15) is 0 Å². The van der Waals surface area contributed by atoms with Crippen LogP contribution in [0, 0.1) is 0 Å². The second-order valence-electron chi connectivity index (χ2n) is 5.15. The maximum atomic E-state index is 11.8. The van der Waals surface area contributed by atoms with E-state index in [1.54, 1.807) is 19.1 Å². The lowest BCUT2D eigenvalue weighted by atomic mass is 10.1. The molecule has 19 heavy (non-hydrogen) atoms. The summed E-state index contributed by atoms with van der Waals surface area (Å²) in [5, 5.41) is 0. The van der Waals surface area contributed by atoms with E-state index in [0.29, 0.717) is 4.90 Å². The molecule has 0 atom stereocenters. The molecule has 3 nitrogen and oxygen atoms in total. The molecular weight excluding hydrogens is 258 g/mol. The molecule has 1 aliphatic rings. The number of hydrogen-bond donors (Lipinski definition) is 0. The van der Waals surface area contributed by atoms with Crippen LogP contribution in [0.15, 0.2) is 29.2 Å². The second kappa shape index (κ2) is 6.42. The molecule has 0 aliphatic carbocycles. The van der Waals surface area contributed by atoms with Crippen molar-refractivity contribution >= 4 is 15.5 Å². The normalized spacial score (nSPS) is 17.8. The topological polar surface area (TPSA) is 37.4 Å². The molecule has 4 heteroatoms. The Bertz CT molecular complexity index is 485. The number of rotatable bonds is 3. The van der Waals surface area contributed by atoms with Gasteiger partial charge in [0.2, 0.25) is 0 Å². The van der Waals surface area contributed by atoms with E-state index in [0.717, 1.165) is 18.8 Å². The van der Waals surface area contributed by atoms with Crippen LogP contribution in [0.4, 0.5) is 5.69 Å². The summed E-state index contributed by atoms with van der Waals surface area (Å²) in [4.78, 5) is 2.81. The first-order valence-electron chi connectivity index (χ1n) is 7.21. The average molecular weight is 281 g/mol. The monoisotopic (exact) mass is 281 g/mol. The minimum atomic E-state index is -3.08. The Hall–Kier alpha value is -1.03. The molecule has 106 valence electrons. The maximum Gasteiger partial charge on any atom is 0.178 e. The third-order valence-corrected chi connectivity index (χ3v) is 5.55. The van der Waals surface area contributed by atoms with Gasteiger partial charge in [0, 0.05) is 18.8 Å². The van der Waals surface area contributed by atoms with Crippen LogP contribution >= 0.6 is 0 Å². The van der Waals surface area contributed by atoms with Crippen LogP contribution in [0.3, 0.4) is 0 Å². The van der Waals surface area contributed by atoms with Crippen LogP contribution in [-0.4, -0.2) is 27.3 Å². The summed E-state index contributed by atoms with van der Waals surface area (Å²) < 4.78 is 23.6. The number of benzene rings is 1. The SMILES string of the molecule is CCS(=O)(=O)c1ccc(N2CCCCCCC2)cc1. The Labute approximate surface area is 116 Å². The van der Waals surface area contributed by atoms with Crippen molar-refractivity contribution in [3.63, 3.8) is 0 Å². The van der Waals surface area contributed by atoms with Crippen LogP contribution in [0.25, 0.3) is 0 Å². The largest absolute Gasteiger partial charge is 0.372 e. The Morgan fingerprint density at radius 1 is 0.947 bits per heavy atom. The van der Waals surface area contributed by atoms with E-state index in [4.69, 9.17) is 0 Å². The summed E-state index contributed by atoms with van der Waals surface area (Å²) >= 11 is 0. The van der Waals surface area contributed by atoms with Crippen molar-refractivity contribution in [1.82, 2.24) is 0 Å². The van der Waals surface area contributed by atoms with Gasteiger partial charge in [0.05, 0.1) is 10.6 Å². The zero-order valence-electron chi connectivity index (χ0n) is 11.6. The third-order valence-electron chi connectivity index (χ3n) is 3.80. The molecule has 0 bridgehead atoms. The first kappa shape index (κ1) is 14.4. The predicted molar refractivity (Wildman–Crippen MR) is 79.5 cm³/mol. The molecule has 0 aromatic heterocycles. The van der Waals surface area contributed by atoms with E-state index in [1.807, 2.05) is 12.1 Å². The van der Waals surface area contributed by atoms with Crippen LogP contribution in [-0.2, 0) is 9.84 Å². The first-order valence-corrected chi connectivity index (χ1v) is 8.86. The zero-order chi connectivity index (χ0) is 13.7. The van der Waals surface area contributed by atoms with E-state index < -0.39 is 9.84 Å². The van der Waals surface area contributed by atoms with Gasteiger partial charge in [0.25, 0.3) is 0 Å². The quantitative estimate of drug-likeness (QED) is 0.853. The summed E-state index contributed by atoms with van der Waals surface area (Å²) in [5.41, 5.74) is 1.15. The standard InChI is InChI=1S/C15H23NO2S/c1-2-19(17,18)15-10-8-14(9-11-15)16-12-6-4-3-5-7-13-16/h8-11H,2-7,12-13H2,1H3. The predicted octanol–water partition coefficient (Wildman–Crippen LogP) is 3.25. The minimum Gasteiger partial charge on any atom is -0.372 e. The maximum absolute atomic E-state index is 11.8. The molecule has 0 spiro atoms. The molecular formula is C15H23NO2S. The fourth-order valence-electron chi connectivity index (χ4n) is 2.54. The molecule has 0 N–H and O–H groups in total. The molecule has 1 aliphatic heterocycles. The third kappa shape index (κ3) is 3.72. The Morgan fingerprint density at radius 2 is 1.47 bits per heavy atom. The van der Waals surface area contributed by atoms with Crippen molar-refractivity contribution in [3.8, 4) is 0 Å². The molecule has 1 aromatic carbocycles. The second-order valence-corrected chi connectivity index (χ2v) is 7.43. The fraction of sp³-hybridized carbons (Fsp3) is 0.600. The van der Waals surface area contributed by atoms with E-state index in [1.165, 1.54) is 32.1 Å². The highest BCUT2D eigenvalue weighted by Gasteiger charge is 2.13. The van der Waals surface area contributed by atoms with Crippen molar-refractivity contribution in [1.29, 1.82) is 0 Å². The lowest BCUT2D eigenvalue weighted by Gasteiger charge is -2.27. The van der Waals surface area contributed by atoms with E-state index >= 15 is 0 Å². The molecule has 0 saturated carbocycles. The molecule has 0 amide bonds. The van der Waals surface area contributed by atoms with Gasteiger partial charge in [0.15, 0.2) is 9.84 Å². The number of sulfone groups is 1. The molecule has 2 rings (SSSR count). The zero-order valence-corrected chi connectivity index (χ0v) is 12.5. The van der Waals surface area contributed by atoms with Crippen molar-refractivity contribution in [2.75, 3.05) is 23.7 Å². The summed E-state index contributed by atoms with van der Waals surface area (Å²) in [6, 6.07) is 7.38. The summed E-state index contributed by atoms with van der Waals surface area (Å²) in [5.74, 6) is 0.163. The van der Waals surface area contributed by atoms with Crippen LogP contribution < -0.4 is 4.90 Å². The summed E-state index contributed by atoms with van der Waals surface area (Å²) in [6.07, 6.45) is 6.42. The van der Waals surface area contributed by atoms with Gasteiger partial charge in [-0.1, -0.05) is 26.2 Å². The molecule has 1 fully saturated rings.